The van der Waals surface area contributed by atoms with Crippen LogP contribution in [-0.4, -0.2) is 66.1 Å². The van der Waals surface area contributed by atoms with Crippen LogP contribution in [0.4, 0.5) is 10.5 Å². The number of amides is 4. The first-order chi connectivity index (χ1) is 18.4. The number of methoxy groups -OCH3 is 1. The second-order valence-electron chi connectivity index (χ2n) is 8.80. The minimum Gasteiger partial charge on any atom is -0.493 e. The predicted octanol–water partition coefficient (Wildman–Crippen LogP) is 4.91. The van der Waals surface area contributed by atoms with Crippen LogP contribution in [0, 0.1) is 0 Å². The number of imide groups is 1. The fourth-order valence-corrected chi connectivity index (χ4v) is 5.57. The van der Waals surface area contributed by atoms with Crippen molar-refractivity contribution >= 4 is 62.4 Å². The summed E-state index contributed by atoms with van der Waals surface area (Å²) < 4.78 is 11.7. The number of para-hydroxylation sites is 1. The molecular weight excluding hydrogens is 574 g/mol. The van der Waals surface area contributed by atoms with Gasteiger partial charge in [0.05, 0.1) is 16.5 Å². The van der Waals surface area contributed by atoms with Crippen molar-refractivity contribution in [1.82, 2.24) is 9.80 Å². The van der Waals surface area contributed by atoms with Crippen molar-refractivity contribution in [1.29, 1.82) is 0 Å². The third-order valence-corrected chi connectivity index (χ3v) is 7.58. The summed E-state index contributed by atoms with van der Waals surface area (Å²) in [6.45, 7) is 0.808. The molecule has 0 radical (unpaired) electrons. The van der Waals surface area contributed by atoms with Crippen LogP contribution in [0.3, 0.4) is 0 Å². The molecule has 0 unspecified atom stereocenters. The number of ether oxygens (including phenoxy) is 2. The summed E-state index contributed by atoms with van der Waals surface area (Å²) in [5.41, 5.74) is 1.24. The van der Waals surface area contributed by atoms with E-state index in [2.05, 4.69) is 21.2 Å². The average molecular weight is 603 g/mol. The number of nitrogens with one attached hydrogen (secondary N) is 1. The highest BCUT2D eigenvalue weighted by molar-refractivity contribution is 9.10. The highest BCUT2D eigenvalue weighted by atomic mass is 79.9. The van der Waals surface area contributed by atoms with Gasteiger partial charge in [0, 0.05) is 18.8 Å². The van der Waals surface area contributed by atoms with E-state index in [0.29, 0.717) is 40.3 Å². The molecule has 0 bridgehead atoms. The van der Waals surface area contributed by atoms with Crippen LogP contribution in [-0.2, 0) is 14.4 Å². The van der Waals surface area contributed by atoms with E-state index < -0.39 is 11.1 Å². The van der Waals surface area contributed by atoms with E-state index in [1.165, 1.54) is 7.11 Å². The van der Waals surface area contributed by atoms with Gasteiger partial charge in [0.25, 0.3) is 17.1 Å². The Balaban J connectivity index is 1.42. The molecule has 38 heavy (non-hydrogen) atoms. The zero-order valence-electron chi connectivity index (χ0n) is 20.9. The molecule has 2 aliphatic rings. The first-order valence-corrected chi connectivity index (χ1v) is 13.8. The number of carbonyl (C=O) groups is 4. The second kappa shape index (κ2) is 13.0. The van der Waals surface area contributed by atoms with E-state index in [0.717, 1.165) is 42.3 Å². The smallest absolute Gasteiger partial charge is 0.294 e. The van der Waals surface area contributed by atoms with Gasteiger partial charge in [-0.05, 0) is 76.4 Å². The van der Waals surface area contributed by atoms with Gasteiger partial charge in [-0.1, -0.05) is 31.0 Å². The zero-order valence-corrected chi connectivity index (χ0v) is 23.3. The van der Waals surface area contributed by atoms with E-state index in [1.54, 1.807) is 35.2 Å². The van der Waals surface area contributed by atoms with E-state index in [4.69, 9.17) is 9.47 Å². The van der Waals surface area contributed by atoms with Crippen LogP contribution in [0.25, 0.3) is 6.08 Å². The van der Waals surface area contributed by atoms with Crippen LogP contribution in [0.2, 0.25) is 0 Å². The summed E-state index contributed by atoms with van der Waals surface area (Å²) in [7, 11) is 1.46. The van der Waals surface area contributed by atoms with Gasteiger partial charge in [-0.25, -0.2) is 0 Å². The molecule has 2 aliphatic heterocycles. The number of carbonyl (C=O) groups excluding carboxylic acids is 4. The Morgan fingerprint density at radius 2 is 1.79 bits per heavy atom. The molecular formula is C27H28BrN3O6S. The molecule has 2 aromatic carbocycles. The zero-order chi connectivity index (χ0) is 27.1. The maximum atomic E-state index is 13.0. The molecule has 4 amide bonds. The number of halogens is 1. The van der Waals surface area contributed by atoms with Gasteiger partial charge in [-0.15, -0.1) is 0 Å². The summed E-state index contributed by atoms with van der Waals surface area (Å²) in [5, 5.41) is 2.27. The lowest BCUT2D eigenvalue weighted by Crippen LogP contribution is -2.42. The van der Waals surface area contributed by atoms with Crippen molar-refractivity contribution in [3.63, 3.8) is 0 Å². The van der Waals surface area contributed by atoms with Crippen LogP contribution < -0.4 is 14.8 Å². The lowest BCUT2D eigenvalue weighted by Gasteiger charge is -2.22. The fraction of sp³-hybridized carbons (Fsp3) is 0.333. The lowest BCUT2D eigenvalue weighted by atomic mass is 10.2. The highest BCUT2D eigenvalue weighted by Gasteiger charge is 2.37. The molecule has 4 rings (SSSR count). The van der Waals surface area contributed by atoms with E-state index >= 15 is 0 Å². The number of likely N-dealkylation sites (tertiary alicyclic amines) is 1. The summed E-state index contributed by atoms with van der Waals surface area (Å²) in [5.74, 6) is -0.385. The molecule has 11 heteroatoms. The second-order valence-corrected chi connectivity index (χ2v) is 10.6. The lowest BCUT2D eigenvalue weighted by molar-refractivity contribution is -0.135. The number of rotatable bonds is 8. The molecule has 0 aliphatic carbocycles. The first-order valence-electron chi connectivity index (χ1n) is 12.2. The highest BCUT2D eigenvalue weighted by Crippen LogP contribution is 2.39. The molecule has 1 N–H and O–H groups in total. The molecule has 9 nitrogen and oxygen atoms in total. The Kier molecular flexibility index (Phi) is 9.46. The number of benzene rings is 2. The minimum atomic E-state index is -0.504. The van der Waals surface area contributed by atoms with Crippen molar-refractivity contribution in [3.8, 4) is 11.5 Å². The van der Waals surface area contributed by atoms with Crippen LogP contribution in [0.15, 0.2) is 51.8 Å². The summed E-state index contributed by atoms with van der Waals surface area (Å²) >= 11 is 4.24. The first kappa shape index (κ1) is 27.7. The van der Waals surface area contributed by atoms with Gasteiger partial charge in [-0.3, -0.25) is 24.1 Å². The number of hydrogen-bond donors (Lipinski definition) is 1. The minimum absolute atomic E-state index is 0.210. The molecule has 200 valence electrons. The number of nitrogens with zero attached hydrogens (tertiary/aromatic N) is 2. The summed E-state index contributed by atoms with van der Waals surface area (Å²) in [6.07, 6.45) is 5.60. The molecule has 2 fully saturated rings. The molecule has 0 aromatic heterocycles. The van der Waals surface area contributed by atoms with Gasteiger partial charge in [-0.2, -0.15) is 0 Å². The molecule has 0 saturated carbocycles. The van der Waals surface area contributed by atoms with Crippen LogP contribution >= 0.6 is 27.7 Å². The third kappa shape index (κ3) is 6.96. The number of hydrogen-bond acceptors (Lipinski definition) is 7. The Morgan fingerprint density at radius 3 is 2.47 bits per heavy atom. The van der Waals surface area contributed by atoms with Crippen molar-refractivity contribution in [2.75, 3.05) is 38.7 Å². The monoisotopic (exact) mass is 601 g/mol. The Hall–Kier alpha value is -3.31. The Labute approximate surface area is 233 Å². The van der Waals surface area contributed by atoms with Crippen LogP contribution in [0.5, 0.6) is 11.5 Å². The van der Waals surface area contributed by atoms with Gasteiger partial charge in [0.15, 0.2) is 18.1 Å². The maximum Gasteiger partial charge on any atom is 0.294 e. The predicted molar refractivity (Wildman–Crippen MR) is 149 cm³/mol. The fourth-order valence-electron chi connectivity index (χ4n) is 4.16. The van der Waals surface area contributed by atoms with Gasteiger partial charge < -0.3 is 19.7 Å². The van der Waals surface area contributed by atoms with Gasteiger partial charge in [0.2, 0.25) is 5.91 Å². The summed E-state index contributed by atoms with van der Waals surface area (Å²) in [6, 6.07) is 12.4. The van der Waals surface area contributed by atoms with E-state index in [9.17, 15) is 19.2 Å². The van der Waals surface area contributed by atoms with E-state index in [1.807, 2.05) is 18.2 Å². The van der Waals surface area contributed by atoms with Crippen molar-refractivity contribution in [2.24, 2.45) is 0 Å². The largest absolute Gasteiger partial charge is 0.493 e. The number of thioether (sulfide) groups is 1. The summed E-state index contributed by atoms with van der Waals surface area (Å²) in [4.78, 5) is 53.5. The average Bonchev–Trinajstić information content (AvgIpc) is 3.09. The molecule has 2 aromatic rings. The maximum absolute atomic E-state index is 13.0. The topological polar surface area (TPSA) is 105 Å². The van der Waals surface area contributed by atoms with Gasteiger partial charge in [0.1, 0.15) is 6.54 Å². The number of anilines is 1. The Bertz CT molecular complexity index is 1240. The molecule has 0 atom stereocenters. The van der Waals surface area contributed by atoms with Crippen LogP contribution in [0.1, 0.15) is 31.2 Å². The Morgan fingerprint density at radius 1 is 1.08 bits per heavy atom. The van der Waals surface area contributed by atoms with Crippen molar-refractivity contribution < 1.29 is 28.7 Å². The van der Waals surface area contributed by atoms with Crippen molar-refractivity contribution in [2.45, 2.75) is 25.7 Å². The SMILES string of the molecule is COc1cc(C=C2SC(=O)N(CC(=O)N3CCCCCC3)C2=O)cc(Br)c1OCC(=O)Nc1ccccc1. The van der Waals surface area contributed by atoms with Crippen molar-refractivity contribution in [3.05, 3.63) is 57.4 Å². The standard InChI is InChI=1S/C27H28BrN3O6S/c1-36-21-14-18(13-20(28)25(21)37-17-23(32)29-19-9-5-4-6-10-19)15-22-26(34)31(27(35)38-22)16-24(33)30-11-7-2-3-8-12-30/h4-6,9-10,13-15H,2-3,7-8,11-12,16-17H2,1H3,(H,29,32). The molecule has 2 heterocycles. The molecule has 2 saturated heterocycles. The van der Waals surface area contributed by atoms with Gasteiger partial charge >= 0.3 is 0 Å². The normalized spacial score (nSPS) is 16.9. The quantitative estimate of drug-likeness (QED) is 0.428. The molecule has 0 spiro atoms. The van der Waals surface area contributed by atoms with E-state index in [-0.39, 0.29) is 29.9 Å². The third-order valence-electron chi connectivity index (χ3n) is 6.08.